The molecule has 1 heterocycles. The number of aryl methyl sites for hydroxylation is 1. The summed E-state index contributed by atoms with van der Waals surface area (Å²) in [7, 11) is -3.48. The number of nitrogens with one attached hydrogen (secondary N) is 1. The van der Waals surface area contributed by atoms with Gasteiger partial charge >= 0.3 is 0 Å². The molecule has 1 amide bonds. The number of hydrogen-bond donors (Lipinski definition) is 1. The quantitative estimate of drug-likeness (QED) is 0.767. The minimum absolute atomic E-state index is 0.156. The van der Waals surface area contributed by atoms with E-state index >= 15 is 0 Å². The molecule has 1 fully saturated rings. The molecule has 1 aliphatic heterocycles. The standard InChI is InChI=1S/C20H23ClN2O4S/c1-15-13-16(21)5-10-19(15)27-14-20(24)22-17-6-8-18(9-7-17)28(25,26)23-11-3-2-4-12-23/h5-10,13H,2-4,11-12,14H2,1H3,(H,22,24). The molecule has 150 valence electrons. The lowest BCUT2D eigenvalue weighted by molar-refractivity contribution is -0.118. The van der Waals surface area contributed by atoms with E-state index < -0.39 is 10.0 Å². The number of amides is 1. The number of ether oxygens (including phenoxy) is 1. The fourth-order valence-electron chi connectivity index (χ4n) is 3.08. The molecular formula is C20H23ClN2O4S. The molecule has 1 aliphatic rings. The second-order valence-corrected chi connectivity index (χ2v) is 9.11. The smallest absolute Gasteiger partial charge is 0.262 e. The lowest BCUT2D eigenvalue weighted by Gasteiger charge is -2.25. The Labute approximate surface area is 170 Å². The summed E-state index contributed by atoms with van der Waals surface area (Å²) in [5, 5.41) is 3.31. The van der Waals surface area contributed by atoms with Crippen molar-refractivity contribution in [3.8, 4) is 5.75 Å². The molecular weight excluding hydrogens is 400 g/mol. The topological polar surface area (TPSA) is 75.7 Å². The van der Waals surface area contributed by atoms with Gasteiger partial charge in [0.1, 0.15) is 5.75 Å². The van der Waals surface area contributed by atoms with Crippen LogP contribution in [0.4, 0.5) is 5.69 Å². The van der Waals surface area contributed by atoms with Crippen LogP contribution in [0.15, 0.2) is 47.4 Å². The molecule has 1 N–H and O–H groups in total. The summed E-state index contributed by atoms with van der Waals surface area (Å²) in [6.07, 6.45) is 2.84. The van der Waals surface area contributed by atoms with Crippen molar-refractivity contribution in [1.29, 1.82) is 0 Å². The van der Waals surface area contributed by atoms with E-state index in [0.29, 0.717) is 29.5 Å². The minimum Gasteiger partial charge on any atom is -0.483 e. The third-order valence-electron chi connectivity index (χ3n) is 4.59. The first-order valence-corrected chi connectivity index (χ1v) is 11.0. The number of nitrogens with zero attached hydrogens (tertiary/aromatic N) is 1. The maximum atomic E-state index is 12.6. The summed E-state index contributed by atoms with van der Waals surface area (Å²) in [6, 6.07) is 11.4. The number of halogens is 1. The highest BCUT2D eigenvalue weighted by Crippen LogP contribution is 2.23. The van der Waals surface area contributed by atoms with Crippen LogP contribution in [0.1, 0.15) is 24.8 Å². The lowest BCUT2D eigenvalue weighted by Crippen LogP contribution is -2.35. The Kier molecular flexibility index (Phi) is 6.59. The fraction of sp³-hybridized carbons (Fsp3) is 0.350. The summed E-state index contributed by atoms with van der Waals surface area (Å²) in [4.78, 5) is 12.3. The Balaban J connectivity index is 1.58. The second-order valence-electron chi connectivity index (χ2n) is 6.74. The molecule has 3 rings (SSSR count). The molecule has 0 spiro atoms. The molecule has 2 aromatic rings. The van der Waals surface area contributed by atoms with Gasteiger partial charge in [0.15, 0.2) is 6.61 Å². The van der Waals surface area contributed by atoms with Gasteiger partial charge in [-0.15, -0.1) is 0 Å². The van der Waals surface area contributed by atoms with E-state index in [0.717, 1.165) is 24.8 Å². The molecule has 0 bridgehead atoms. The molecule has 1 saturated heterocycles. The van der Waals surface area contributed by atoms with E-state index in [2.05, 4.69) is 5.32 Å². The van der Waals surface area contributed by atoms with Gasteiger partial charge in [0.25, 0.3) is 5.91 Å². The predicted molar refractivity (Wildman–Crippen MR) is 109 cm³/mol. The van der Waals surface area contributed by atoms with E-state index in [1.165, 1.54) is 16.4 Å². The number of hydrogen-bond acceptors (Lipinski definition) is 4. The molecule has 0 aliphatic carbocycles. The van der Waals surface area contributed by atoms with Crippen LogP contribution in [0.3, 0.4) is 0 Å². The van der Waals surface area contributed by atoms with Crippen molar-refractivity contribution in [2.24, 2.45) is 0 Å². The monoisotopic (exact) mass is 422 g/mol. The minimum atomic E-state index is -3.48. The largest absolute Gasteiger partial charge is 0.483 e. The van der Waals surface area contributed by atoms with Crippen LogP contribution in [-0.2, 0) is 14.8 Å². The van der Waals surface area contributed by atoms with Gasteiger partial charge in [-0.25, -0.2) is 8.42 Å². The van der Waals surface area contributed by atoms with Crippen LogP contribution < -0.4 is 10.1 Å². The summed E-state index contributed by atoms with van der Waals surface area (Å²) < 4.78 is 32.3. The third kappa shape index (κ3) is 5.04. The van der Waals surface area contributed by atoms with E-state index in [9.17, 15) is 13.2 Å². The van der Waals surface area contributed by atoms with Crippen LogP contribution >= 0.6 is 11.6 Å². The van der Waals surface area contributed by atoms with Gasteiger partial charge in [-0.2, -0.15) is 4.31 Å². The Morgan fingerprint density at radius 1 is 1.11 bits per heavy atom. The zero-order chi connectivity index (χ0) is 20.1. The highest BCUT2D eigenvalue weighted by Gasteiger charge is 2.25. The Morgan fingerprint density at radius 2 is 1.79 bits per heavy atom. The van der Waals surface area contributed by atoms with Crippen LogP contribution in [0.25, 0.3) is 0 Å². The zero-order valence-electron chi connectivity index (χ0n) is 15.7. The summed E-state index contributed by atoms with van der Waals surface area (Å²) in [5.74, 6) is 0.253. The molecule has 8 heteroatoms. The first kappa shape index (κ1) is 20.6. The zero-order valence-corrected chi connectivity index (χ0v) is 17.2. The van der Waals surface area contributed by atoms with Gasteiger partial charge in [-0.3, -0.25) is 4.79 Å². The second kappa shape index (κ2) is 8.94. The van der Waals surface area contributed by atoms with E-state index in [1.54, 1.807) is 30.3 Å². The molecule has 0 aromatic heterocycles. The number of anilines is 1. The van der Waals surface area contributed by atoms with Crippen molar-refractivity contribution >= 4 is 33.2 Å². The van der Waals surface area contributed by atoms with Crippen LogP contribution in [0.5, 0.6) is 5.75 Å². The van der Waals surface area contributed by atoms with Crippen LogP contribution in [0.2, 0.25) is 5.02 Å². The van der Waals surface area contributed by atoms with Gasteiger partial charge in [0.2, 0.25) is 10.0 Å². The highest BCUT2D eigenvalue weighted by atomic mass is 35.5. The van der Waals surface area contributed by atoms with Gasteiger partial charge in [-0.05, 0) is 67.8 Å². The average molecular weight is 423 g/mol. The van der Waals surface area contributed by atoms with E-state index in [1.807, 2.05) is 6.92 Å². The van der Waals surface area contributed by atoms with Crippen molar-refractivity contribution < 1.29 is 17.9 Å². The normalized spacial score (nSPS) is 15.2. The maximum Gasteiger partial charge on any atom is 0.262 e. The van der Waals surface area contributed by atoms with Crippen molar-refractivity contribution in [3.05, 3.63) is 53.1 Å². The lowest BCUT2D eigenvalue weighted by atomic mass is 10.2. The Bertz CT molecular complexity index is 939. The van der Waals surface area contributed by atoms with Gasteiger partial charge in [0.05, 0.1) is 4.90 Å². The van der Waals surface area contributed by atoms with Crippen molar-refractivity contribution in [1.82, 2.24) is 4.31 Å². The SMILES string of the molecule is Cc1cc(Cl)ccc1OCC(=O)Nc1ccc(S(=O)(=O)N2CCCCC2)cc1. The summed E-state index contributed by atoms with van der Waals surface area (Å²) in [5.41, 5.74) is 1.35. The summed E-state index contributed by atoms with van der Waals surface area (Å²) >= 11 is 5.90. The molecule has 28 heavy (non-hydrogen) atoms. The number of carbonyl (C=O) groups is 1. The van der Waals surface area contributed by atoms with Crippen molar-refractivity contribution in [2.45, 2.75) is 31.1 Å². The maximum absolute atomic E-state index is 12.6. The average Bonchev–Trinajstić information content (AvgIpc) is 2.68. The molecule has 0 unspecified atom stereocenters. The van der Waals surface area contributed by atoms with Crippen molar-refractivity contribution in [3.63, 3.8) is 0 Å². The van der Waals surface area contributed by atoms with Gasteiger partial charge in [0, 0.05) is 23.8 Å². The number of carbonyl (C=O) groups excluding carboxylic acids is 1. The van der Waals surface area contributed by atoms with E-state index in [-0.39, 0.29) is 17.4 Å². The number of piperidine rings is 1. The predicted octanol–water partition coefficient (Wildman–Crippen LogP) is 3.84. The first-order valence-electron chi connectivity index (χ1n) is 9.15. The molecule has 6 nitrogen and oxygen atoms in total. The molecule has 0 radical (unpaired) electrons. The number of sulfonamides is 1. The summed E-state index contributed by atoms with van der Waals surface area (Å²) in [6.45, 7) is 2.81. The van der Waals surface area contributed by atoms with Crippen LogP contribution in [-0.4, -0.2) is 38.3 Å². The Hall–Kier alpha value is -2.09. The fourth-order valence-corrected chi connectivity index (χ4v) is 4.82. The van der Waals surface area contributed by atoms with Gasteiger partial charge in [-0.1, -0.05) is 18.0 Å². The molecule has 0 saturated carbocycles. The van der Waals surface area contributed by atoms with Crippen LogP contribution in [0, 0.1) is 6.92 Å². The van der Waals surface area contributed by atoms with Crippen molar-refractivity contribution in [2.75, 3.05) is 25.0 Å². The number of benzene rings is 2. The number of rotatable bonds is 6. The third-order valence-corrected chi connectivity index (χ3v) is 6.73. The first-order chi connectivity index (χ1) is 13.4. The molecule has 2 aromatic carbocycles. The van der Waals surface area contributed by atoms with Gasteiger partial charge < -0.3 is 10.1 Å². The highest BCUT2D eigenvalue weighted by molar-refractivity contribution is 7.89. The molecule has 0 atom stereocenters. The van der Waals surface area contributed by atoms with E-state index in [4.69, 9.17) is 16.3 Å². The Morgan fingerprint density at radius 3 is 2.43 bits per heavy atom.